The highest BCUT2D eigenvalue weighted by Gasteiger charge is 2.17. The van der Waals surface area contributed by atoms with Crippen molar-refractivity contribution >= 4 is 0 Å². The summed E-state index contributed by atoms with van der Waals surface area (Å²) in [5, 5.41) is 0. The van der Waals surface area contributed by atoms with Crippen LogP contribution in [-0.2, 0) is 4.74 Å². The number of likely N-dealkylation sites (tertiary alicyclic amines) is 1. The minimum Gasteiger partial charge on any atom is -0.383 e. The average Bonchev–Trinajstić information content (AvgIpc) is 2.29. The van der Waals surface area contributed by atoms with E-state index >= 15 is 0 Å². The highest BCUT2D eigenvalue weighted by Crippen LogP contribution is 2.26. The van der Waals surface area contributed by atoms with E-state index in [0.717, 1.165) is 26.0 Å². The molecule has 0 spiro atoms. The molecule has 0 atom stereocenters. The smallest absolute Gasteiger partial charge is 0.0641 e. The van der Waals surface area contributed by atoms with Crippen LogP contribution < -0.4 is 0 Å². The van der Waals surface area contributed by atoms with E-state index in [4.69, 9.17) is 4.74 Å². The minimum absolute atomic E-state index is 0.748. The summed E-state index contributed by atoms with van der Waals surface area (Å²) in [6.45, 7) is 9.54. The molecule has 1 rings (SSSR count). The second-order valence-electron chi connectivity index (χ2n) is 2.78. The molecule has 0 saturated carbocycles. The summed E-state index contributed by atoms with van der Waals surface area (Å²) in [5.74, 6) is 0. The number of methoxy groups -OCH3 is 1. The van der Waals surface area contributed by atoms with Gasteiger partial charge in [-0.2, -0.15) is 0 Å². The third-order valence-corrected chi connectivity index (χ3v) is 1.98. The van der Waals surface area contributed by atoms with Gasteiger partial charge < -0.3 is 9.64 Å². The molecule has 1 aliphatic rings. The van der Waals surface area contributed by atoms with Crippen LogP contribution >= 0.6 is 0 Å². The fraction of sp³-hybridized carbons (Fsp3) is 0.556. The second-order valence-corrected chi connectivity index (χ2v) is 2.78. The van der Waals surface area contributed by atoms with Gasteiger partial charge in [-0.25, -0.2) is 0 Å². The van der Waals surface area contributed by atoms with Crippen LogP contribution in [0.15, 0.2) is 24.6 Å². The van der Waals surface area contributed by atoms with Gasteiger partial charge >= 0.3 is 0 Å². The van der Waals surface area contributed by atoms with Gasteiger partial charge in [0.05, 0.1) is 6.61 Å². The predicted octanol–water partition coefficient (Wildman–Crippen LogP) is 1.76. The lowest BCUT2D eigenvalue weighted by Crippen LogP contribution is -2.19. The molecular weight excluding hydrogens is 138 g/mol. The van der Waals surface area contributed by atoms with Crippen molar-refractivity contribution in [3.63, 3.8) is 0 Å². The third-order valence-electron chi connectivity index (χ3n) is 1.98. The third kappa shape index (κ3) is 1.84. The van der Waals surface area contributed by atoms with Crippen LogP contribution in [0.1, 0.15) is 12.8 Å². The predicted molar refractivity (Wildman–Crippen MR) is 46.1 cm³/mol. The van der Waals surface area contributed by atoms with E-state index in [1.807, 2.05) is 0 Å². The molecule has 0 aromatic carbocycles. The van der Waals surface area contributed by atoms with Crippen molar-refractivity contribution in [2.45, 2.75) is 12.8 Å². The van der Waals surface area contributed by atoms with Gasteiger partial charge in [0.15, 0.2) is 0 Å². The summed E-state index contributed by atoms with van der Waals surface area (Å²) in [6, 6.07) is 0. The Morgan fingerprint density at radius 1 is 1.36 bits per heavy atom. The molecule has 1 saturated heterocycles. The lowest BCUT2D eigenvalue weighted by molar-refractivity contribution is 0.178. The SMILES string of the molecule is C=C1CCC(=C)N1CCOC. The summed E-state index contributed by atoms with van der Waals surface area (Å²) >= 11 is 0. The van der Waals surface area contributed by atoms with Gasteiger partial charge in [-0.1, -0.05) is 13.2 Å². The van der Waals surface area contributed by atoms with Gasteiger partial charge in [0, 0.05) is 25.0 Å². The van der Waals surface area contributed by atoms with Crippen molar-refractivity contribution in [2.24, 2.45) is 0 Å². The summed E-state index contributed by atoms with van der Waals surface area (Å²) < 4.78 is 4.98. The molecule has 0 unspecified atom stereocenters. The zero-order valence-electron chi connectivity index (χ0n) is 7.10. The molecule has 2 heteroatoms. The van der Waals surface area contributed by atoms with Gasteiger partial charge in [-0.15, -0.1) is 0 Å². The van der Waals surface area contributed by atoms with E-state index in [2.05, 4.69) is 18.1 Å². The Morgan fingerprint density at radius 2 is 1.91 bits per heavy atom. The maximum atomic E-state index is 4.98. The fourth-order valence-corrected chi connectivity index (χ4v) is 1.28. The molecule has 1 fully saturated rings. The Kier molecular flexibility index (Phi) is 2.71. The summed E-state index contributed by atoms with van der Waals surface area (Å²) in [5.41, 5.74) is 2.35. The van der Waals surface area contributed by atoms with Crippen LogP contribution in [0.2, 0.25) is 0 Å². The lowest BCUT2D eigenvalue weighted by Gasteiger charge is -2.19. The van der Waals surface area contributed by atoms with Crippen LogP contribution in [0.3, 0.4) is 0 Å². The summed E-state index contributed by atoms with van der Waals surface area (Å²) in [4.78, 5) is 2.14. The second kappa shape index (κ2) is 3.58. The first-order valence-corrected chi connectivity index (χ1v) is 3.87. The molecular formula is C9H15NO. The monoisotopic (exact) mass is 153 g/mol. The Hall–Kier alpha value is -0.760. The number of nitrogens with zero attached hydrogens (tertiary/aromatic N) is 1. The van der Waals surface area contributed by atoms with Crippen LogP contribution in [-0.4, -0.2) is 25.2 Å². The number of ether oxygens (including phenoxy) is 1. The Balaban J connectivity index is 2.41. The molecule has 0 radical (unpaired) electrons. The van der Waals surface area contributed by atoms with Gasteiger partial charge in [0.2, 0.25) is 0 Å². The maximum absolute atomic E-state index is 4.98. The Bertz CT molecular complexity index is 158. The molecule has 62 valence electrons. The topological polar surface area (TPSA) is 12.5 Å². The number of hydrogen-bond acceptors (Lipinski definition) is 2. The molecule has 11 heavy (non-hydrogen) atoms. The summed E-state index contributed by atoms with van der Waals surface area (Å²) in [7, 11) is 1.71. The van der Waals surface area contributed by atoms with E-state index < -0.39 is 0 Å². The highest BCUT2D eigenvalue weighted by atomic mass is 16.5. The first-order valence-electron chi connectivity index (χ1n) is 3.87. The molecule has 0 aromatic rings. The summed E-state index contributed by atoms with van der Waals surface area (Å²) in [6.07, 6.45) is 2.12. The van der Waals surface area contributed by atoms with E-state index in [1.165, 1.54) is 11.4 Å². The minimum atomic E-state index is 0.748. The van der Waals surface area contributed by atoms with Gasteiger partial charge in [-0.05, 0) is 12.8 Å². The van der Waals surface area contributed by atoms with E-state index in [0.29, 0.717) is 0 Å². The Labute approximate surface area is 68.1 Å². The molecule has 2 nitrogen and oxygen atoms in total. The molecule has 0 aliphatic carbocycles. The number of allylic oxidation sites excluding steroid dienone is 2. The van der Waals surface area contributed by atoms with Crippen molar-refractivity contribution in [1.82, 2.24) is 4.90 Å². The van der Waals surface area contributed by atoms with E-state index in [1.54, 1.807) is 7.11 Å². The fourth-order valence-electron chi connectivity index (χ4n) is 1.28. The van der Waals surface area contributed by atoms with Crippen molar-refractivity contribution in [2.75, 3.05) is 20.3 Å². The van der Waals surface area contributed by atoms with Gasteiger partial charge in [0.1, 0.15) is 0 Å². The van der Waals surface area contributed by atoms with Gasteiger partial charge in [-0.3, -0.25) is 0 Å². The molecule has 0 amide bonds. The molecule has 0 N–H and O–H groups in total. The van der Waals surface area contributed by atoms with E-state index in [9.17, 15) is 0 Å². The van der Waals surface area contributed by atoms with Crippen molar-refractivity contribution < 1.29 is 4.74 Å². The first kappa shape index (κ1) is 8.34. The quantitative estimate of drug-likeness (QED) is 0.612. The standard InChI is InChI=1S/C9H15NO/c1-8-4-5-9(2)10(8)6-7-11-3/h1-2,4-7H2,3H3. The highest BCUT2D eigenvalue weighted by molar-refractivity contribution is 5.15. The lowest BCUT2D eigenvalue weighted by atomic mass is 10.3. The molecule has 1 heterocycles. The normalized spacial score (nSPS) is 18.1. The largest absolute Gasteiger partial charge is 0.383 e. The van der Waals surface area contributed by atoms with Crippen LogP contribution in [0.5, 0.6) is 0 Å². The van der Waals surface area contributed by atoms with Gasteiger partial charge in [0.25, 0.3) is 0 Å². The average molecular weight is 153 g/mol. The van der Waals surface area contributed by atoms with Crippen LogP contribution in [0.4, 0.5) is 0 Å². The Morgan fingerprint density at radius 3 is 2.36 bits per heavy atom. The van der Waals surface area contributed by atoms with Crippen molar-refractivity contribution in [3.05, 3.63) is 24.6 Å². The zero-order chi connectivity index (χ0) is 8.27. The van der Waals surface area contributed by atoms with Crippen LogP contribution in [0, 0.1) is 0 Å². The number of hydrogen-bond donors (Lipinski definition) is 0. The maximum Gasteiger partial charge on any atom is 0.0641 e. The van der Waals surface area contributed by atoms with Crippen molar-refractivity contribution in [1.29, 1.82) is 0 Å². The zero-order valence-corrected chi connectivity index (χ0v) is 7.10. The molecule has 0 aromatic heterocycles. The molecule has 0 bridgehead atoms. The number of rotatable bonds is 3. The van der Waals surface area contributed by atoms with Crippen molar-refractivity contribution in [3.8, 4) is 0 Å². The first-order chi connectivity index (χ1) is 5.25. The molecule has 1 aliphatic heterocycles. The van der Waals surface area contributed by atoms with Crippen LogP contribution in [0.25, 0.3) is 0 Å². The van der Waals surface area contributed by atoms with E-state index in [-0.39, 0.29) is 0 Å².